The molecule has 3 rings (SSSR count). The van der Waals surface area contributed by atoms with Gasteiger partial charge < -0.3 is 19.5 Å². The molecule has 0 saturated heterocycles. The Labute approximate surface area is 144 Å². The predicted octanol–water partition coefficient (Wildman–Crippen LogP) is 3.03. The monoisotopic (exact) mass is 342 g/mol. The Kier molecular flexibility index (Phi) is 4.74. The van der Waals surface area contributed by atoms with E-state index in [9.17, 15) is 9.59 Å². The Morgan fingerprint density at radius 1 is 0.920 bits per heavy atom. The van der Waals surface area contributed by atoms with Gasteiger partial charge in [-0.1, -0.05) is 12.1 Å². The first-order chi connectivity index (χ1) is 12.1. The molecule has 7 heteroatoms. The van der Waals surface area contributed by atoms with Crippen LogP contribution in [-0.4, -0.2) is 31.3 Å². The number of rotatable bonds is 3. The van der Waals surface area contributed by atoms with Crippen LogP contribution in [0, 0.1) is 0 Å². The van der Waals surface area contributed by atoms with E-state index in [4.69, 9.17) is 9.47 Å². The molecule has 2 amide bonds. The van der Waals surface area contributed by atoms with Crippen LogP contribution in [0.5, 0.6) is 11.5 Å². The standard InChI is InChI=1S/C18H18N2O5/c1-11-16(25-15-6-4-3-5-14(15)24-11)17(21)19-12-7-9-13(10-8-12)20-18(22)23-2/h3-11,16H,1-2H3,(H,19,21)(H,20,22)/t11-,16-/m1/s1. The maximum Gasteiger partial charge on any atom is 0.411 e. The van der Waals surface area contributed by atoms with E-state index in [0.717, 1.165) is 0 Å². The summed E-state index contributed by atoms with van der Waals surface area (Å²) in [6, 6.07) is 13.9. The molecule has 2 aromatic rings. The average Bonchev–Trinajstić information content (AvgIpc) is 2.62. The van der Waals surface area contributed by atoms with Crippen LogP contribution >= 0.6 is 0 Å². The number of amides is 2. The van der Waals surface area contributed by atoms with E-state index >= 15 is 0 Å². The smallest absolute Gasteiger partial charge is 0.411 e. The third kappa shape index (κ3) is 3.82. The summed E-state index contributed by atoms with van der Waals surface area (Å²) in [7, 11) is 1.29. The van der Waals surface area contributed by atoms with Gasteiger partial charge in [0.05, 0.1) is 7.11 Å². The van der Waals surface area contributed by atoms with Crippen molar-refractivity contribution in [3.8, 4) is 11.5 Å². The second-order valence-corrected chi connectivity index (χ2v) is 5.49. The van der Waals surface area contributed by atoms with E-state index in [1.165, 1.54) is 7.11 Å². The van der Waals surface area contributed by atoms with Gasteiger partial charge in [0.1, 0.15) is 6.10 Å². The molecule has 2 N–H and O–H groups in total. The molecule has 0 aliphatic carbocycles. The summed E-state index contributed by atoms with van der Waals surface area (Å²) < 4.78 is 16.0. The van der Waals surface area contributed by atoms with Crippen LogP contribution in [0.3, 0.4) is 0 Å². The van der Waals surface area contributed by atoms with E-state index in [1.807, 2.05) is 12.1 Å². The minimum Gasteiger partial charge on any atom is -0.482 e. The predicted molar refractivity (Wildman–Crippen MR) is 92.0 cm³/mol. The van der Waals surface area contributed by atoms with E-state index < -0.39 is 18.3 Å². The first-order valence-electron chi connectivity index (χ1n) is 7.75. The number of carbonyl (C=O) groups excluding carboxylic acids is 2. The molecule has 7 nitrogen and oxygen atoms in total. The minimum atomic E-state index is -0.761. The molecule has 1 aliphatic rings. The Balaban J connectivity index is 1.65. The number of methoxy groups -OCH3 is 1. The van der Waals surface area contributed by atoms with Gasteiger partial charge in [-0.2, -0.15) is 0 Å². The van der Waals surface area contributed by atoms with Crippen LogP contribution in [0.15, 0.2) is 48.5 Å². The Bertz CT molecular complexity index is 775. The van der Waals surface area contributed by atoms with Gasteiger partial charge >= 0.3 is 6.09 Å². The highest BCUT2D eigenvalue weighted by Gasteiger charge is 2.34. The molecule has 1 aliphatic heterocycles. The number of anilines is 2. The molecule has 130 valence electrons. The molecule has 0 unspecified atom stereocenters. The molecular weight excluding hydrogens is 324 g/mol. The maximum absolute atomic E-state index is 12.5. The summed E-state index contributed by atoms with van der Waals surface area (Å²) in [6.07, 6.45) is -1.74. The van der Waals surface area contributed by atoms with Crippen molar-refractivity contribution in [2.75, 3.05) is 17.7 Å². The second kappa shape index (κ2) is 7.12. The number of hydrogen-bond acceptors (Lipinski definition) is 5. The molecule has 2 atom stereocenters. The highest BCUT2D eigenvalue weighted by Crippen LogP contribution is 2.33. The van der Waals surface area contributed by atoms with E-state index in [-0.39, 0.29) is 5.91 Å². The van der Waals surface area contributed by atoms with Crippen molar-refractivity contribution in [3.05, 3.63) is 48.5 Å². The zero-order valence-corrected chi connectivity index (χ0v) is 13.8. The van der Waals surface area contributed by atoms with E-state index in [1.54, 1.807) is 43.3 Å². The van der Waals surface area contributed by atoms with Crippen molar-refractivity contribution >= 4 is 23.4 Å². The number of carbonyl (C=O) groups is 2. The van der Waals surface area contributed by atoms with E-state index in [0.29, 0.717) is 22.9 Å². The van der Waals surface area contributed by atoms with Crippen molar-refractivity contribution in [2.24, 2.45) is 0 Å². The summed E-state index contributed by atoms with van der Waals surface area (Å²) in [4.78, 5) is 23.6. The maximum atomic E-state index is 12.5. The number of benzene rings is 2. The molecule has 2 aromatic carbocycles. The van der Waals surface area contributed by atoms with Gasteiger partial charge in [0.2, 0.25) is 6.10 Å². The van der Waals surface area contributed by atoms with Gasteiger partial charge in [0.15, 0.2) is 11.5 Å². The fraction of sp³-hybridized carbons (Fsp3) is 0.222. The lowest BCUT2D eigenvalue weighted by atomic mass is 10.1. The first-order valence-corrected chi connectivity index (χ1v) is 7.75. The molecular formula is C18H18N2O5. The largest absolute Gasteiger partial charge is 0.482 e. The number of hydrogen-bond donors (Lipinski definition) is 2. The lowest BCUT2D eigenvalue weighted by Gasteiger charge is -2.31. The Morgan fingerprint density at radius 3 is 2.08 bits per heavy atom. The molecule has 0 saturated carbocycles. The SMILES string of the molecule is COC(=O)Nc1ccc(NC(=O)[C@@H]2Oc3ccccc3O[C@@H]2C)cc1. The summed E-state index contributed by atoms with van der Waals surface area (Å²) in [5.41, 5.74) is 1.14. The van der Waals surface area contributed by atoms with Gasteiger partial charge in [-0.15, -0.1) is 0 Å². The van der Waals surface area contributed by atoms with Gasteiger partial charge in [-0.3, -0.25) is 10.1 Å². The van der Waals surface area contributed by atoms with Gasteiger partial charge in [-0.05, 0) is 43.3 Å². The lowest BCUT2D eigenvalue weighted by molar-refractivity contribution is -0.128. The van der Waals surface area contributed by atoms with Crippen molar-refractivity contribution < 1.29 is 23.8 Å². The van der Waals surface area contributed by atoms with Crippen LogP contribution in [0.4, 0.5) is 16.2 Å². The van der Waals surface area contributed by atoms with Crippen molar-refractivity contribution in [1.29, 1.82) is 0 Å². The normalized spacial score (nSPS) is 18.2. The van der Waals surface area contributed by atoms with E-state index in [2.05, 4.69) is 15.4 Å². The first kappa shape index (κ1) is 16.6. The minimum absolute atomic E-state index is 0.310. The zero-order valence-electron chi connectivity index (χ0n) is 13.8. The molecule has 0 radical (unpaired) electrons. The van der Waals surface area contributed by atoms with Gasteiger partial charge in [0.25, 0.3) is 5.91 Å². The molecule has 0 bridgehead atoms. The fourth-order valence-electron chi connectivity index (χ4n) is 2.43. The summed E-state index contributed by atoms with van der Waals surface area (Å²) in [5, 5.41) is 5.31. The van der Waals surface area contributed by atoms with Crippen LogP contribution in [0.2, 0.25) is 0 Å². The molecule has 1 heterocycles. The van der Waals surface area contributed by atoms with Crippen molar-refractivity contribution in [2.45, 2.75) is 19.1 Å². The highest BCUT2D eigenvalue weighted by atomic mass is 16.6. The van der Waals surface area contributed by atoms with Crippen LogP contribution < -0.4 is 20.1 Å². The molecule has 0 aromatic heterocycles. The third-order valence-electron chi connectivity index (χ3n) is 3.68. The number of para-hydroxylation sites is 2. The quantitative estimate of drug-likeness (QED) is 0.895. The summed E-state index contributed by atoms with van der Waals surface area (Å²) in [6.45, 7) is 1.78. The average molecular weight is 342 g/mol. The molecule has 0 spiro atoms. The van der Waals surface area contributed by atoms with Crippen LogP contribution in [0.1, 0.15) is 6.92 Å². The van der Waals surface area contributed by atoms with Crippen molar-refractivity contribution in [3.63, 3.8) is 0 Å². The molecule has 0 fully saturated rings. The summed E-state index contributed by atoms with van der Waals surface area (Å²) >= 11 is 0. The lowest BCUT2D eigenvalue weighted by Crippen LogP contribution is -2.46. The second-order valence-electron chi connectivity index (χ2n) is 5.49. The summed E-state index contributed by atoms with van der Waals surface area (Å²) in [5.74, 6) is 0.853. The topological polar surface area (TPSA) is 85.9 Å². The van der Waals surface area contributed by atoms with Crippen molar-refractivity contribution in [1.82, 2.24) is 0 Å². The Morgan fingerprint density at radius 2 is 1.48 bits per heavy atom. The number of nitrogens with one attached hydrogen (secondary N) is 2. The third-order valence-corrected chi connectivity index (χ3v) is 3.68. The fourth-order valence-corrected chi connectivity index (χ4v) is 2.43. The van der Waals surface area contributed by atoms with Gasteiger partial charge in [-0.25, -0.2) is 4.79 Å². The number of fused-ring (bicyclic) bond motifs is 1. The Hall–Kier alpha value is -3.22. The zero-order chi connectivity index (χ0) is 17.8. The van der Waals surface area contributed by atoms with Gasteiger partial charge in [0, 0.05) is 11.4 Å². The molecule has 25 heavy (non-hydrogen) atoms. The number of ether oxygens (including phenoxy) is 3. The van der Waals surface area contributed by atoms with Crippen LogP contribution in [-0.2, 0) is 9.53 Å². The highest BCUT2D eigenvalue weighted by molar-refractivity contribution is 5.95. The van der Waals surface area contributed by atoms with Crippen LogP contribution in [0.25, 0.3) is 0 Å².